The standard InChI is InChI=1S/C26H26F3N3O/c27-20-3-1-2-15(8-20)25-11-22(29)14-32(25)26(33)23-10-18(16-6-17(23)7-16)12-31-13-19-9-21(28)4-5-24(19)30-31/h1-5,8-9,13,16-18,22-23,25H,6-7,10-12,14H2/t16?,17?,18-,22?,23-,25?/m0/s1. The number of alkyl halides is 1. The van der Waals surface area contributed by atoms with E-state index in [-0.39, 0.29) is 36.4 Å². The Morgan fingerprint density at radius 1 is 1.00 bits per heavy atom. The fourth-order valence-corrected chi connectivity index (χ4v) is 6.31. The molecule has 7 heteroatoms. The third kappa shape index (κ3) is 3.71. The molecule has 3 aromatic rings. The summed E-state index contributed by atoms with van der Waals surface area (Å²) in [5.41, 5.74) is 1.42. The third-order valence-electron chi connectivity index (χ3n) is 8.02. The molecule has 3 aliphatic carbocycles. The number of halogens is 3. The quantitative estimate of drug-likeness (QED) is 0.539. The maximum absolute atomic E-state index is 14.4. The van der Waals surface area contributed by atoms with Crippen molar-refractivity contribution in [1.82, 2.24) is 14.7 Å². The molecule has 1 saturated heterocycles. The second kappa shape index (κ2) is 7.89. The minimum absolute atomic E-state index is 0.00487. The average molecular weight is 454 g/mol. The van der Waals surface area contributed by atoms with Crippen molar-refractivity contribution in [2.45, 2.75) is 44.4 Å². The van der Waals surface area contributed by atoms with Gasteiger partial charge in [-0.25, -0.2) is 13.2 Å². The van der Waals surface area contributed by atoms with Crippen LogP contribution < -0.4 is 0 Å². The van der Waals surface area contributed by atoms with Gasteiger partial charge in [0.15, 0.2) is 0 Å². The Morgan fingerprint density at radius 3 is 2.64 bits per heavy atom. The molecule has 3 saturated carbocycles. The molecule has 172 valence electrons. The molecule has 4 nitrogen and oxygen atoms in total. The Hall–Kier alpha value is -2.83. The Balaban J connectivity index is 1.20. The topological polar surface area (TPSA) is 38.1 Å². The Morgan fingerprint density at radius 2 is 1.82 bits per heavy atom. The minimum Gasteiger partial charge on any atom is -0.332 e. The summed E-state index contributed by atoms with van der Waals surface area (Å²) in [6.45, 7) is 0.768. The first-order valence-electron chi connectivity index (χ1n) is 11.8. The minimum atomic E-state index is -1.09. The van der Waals surface area contributed by atoms with Crippen LogP contribution in [-0.4, -0.2) is 33.3 Å². The summed E-state index contributed by atoms with van der Waals surface area (Å²) in [4.78, 5) is 15.3. The van der Waals surface area contributed by atoms with E-state index in [0.717, 1.165) is 30.2 Å². The van der Waals surface area contributed by atoms with E-state index in [1.165, 1.54) is 24.3 Å². The van der Waals surface area contributed by atoms with E-state index in [4.69, 9.17) is 0 Å². The van der Waals surface area contributed by atoms with Crippen molar-refractivity contribution in [1.29, 1.82) is 0 Å². The molecule has 1 amide bonds. The van der Waals surface area contributed by atoms with E-state index < -0.39 is 12.2 Å². The number of carbonyl (C=O) groups is 1. The van der Waals surface area contributed by atoms with Gasteiger partial charge < -0.3 is 4.90 Å². The highest BCUT2D eigenvalue weighted by atomic mass is 19.1. The molecule has 2 unspecified atom stereocenters. The Bertz CT molecular complexity index is 1200. The number of nitrogens with zero attached hydrogens (tertiary/aromatic N) is 3. The number of fused-ring (bicyclic) bond motifs is 3. The summed E-state index contributed by atoms with van der Waals surface area (Å²) < 4.78 is 43.6. The van der Waals surface area contributed by atoms with Crippen LogP contribution in [0.1, 0.15) is 37.3 Å². The summed E-state index contributed by atoms with van der Waals surface area (Å²) in [6.07, 6.45) is 3.76. The van der Waals surface area contributed by atoms with Gasteiger partial charge in [-0.2, -0.15) is 5.10 Å². The lowest BCUT2D eigenvalue weighted by atomic mass is 9.55. The first kappa shape index (κ1) is 20.8. The summed E-state index contributed by atoms with van der Waals surface area (Å²) in [7, 11) is 0. The van der Waals surface area contributed by atoms with Crippen LogP contribution in [0.15, 0.2) is 48.7 Å². The lowest BCUT2D eigenvalue weighted by molar-refractivity contribution is -0.147. The molecule has 4 atom stereocenters. The Kier molecular flexibility index (Phi) is 4.96. The number of amides is 1. The van der Waals surface area contributed by atoms with Crippen molar-refractivity contribution in [3.05, 3.63) is 65.9 Å². The van der Waals surface area contributed by atoms with Gasteiger partial charge in [0.1, 0.15) is 17.8 Å². The monoisotopic (exact) mass is 453 g/mol. The summed E-state index contributed by atoms with van der Waals surface area (Å²) in [5, 5.41) is 5.36. The fraction of sp³-hybridized carbons (Fsp3) is 0.462. The molecule has 33 heavy (non-hydrogen) atoms. The number of carbonyl (C=O) groups excluding carboxylic acids is 1. The number of rotatable bonds is 4. The summed E-state index contributed by atoms with van der Waals surface area (Å²) >= 11 is 0. The van der Waals surface area contributed by atoms with E-state index in [9.17, 15) is 18.0 Å². The smallest absolute Gasteiger partial charge is 0.226 e. The SMILES string of the molecule is O=C([C@H]1C[C@@H](Cn2cc3cc(F)ccc3n2)C2CC1C2)N1CC(F)CC1c1cccc(F)c1. The highest BCUT2D eigenvalue weighted by Gasteiger charge is 2.51. The maximum Gasteiger partial charge on any atom is 0.226 e. The zero-order valence-electron chi connectivity index (χ0n) is 18.2. The molecule has 0 spiro atoms. The molecular weight excluding hydrogens is 427 g/mol. The second-order valence-electron chi connectivity index (χ2n) is 10.0. The van der Waals surface area contributed by atoms with Crippen LogP contribution in [0.4, 0.5) is 13.2 Å². The van der Waals surface area contributed by atoms with Gasteiger partial charge in [-0.15, -0.1) is 0 Å². The molecule has 2 heterocycles. The number of aromatic nitrogens is 2. The van der Waals surface area contributed by atoms with Crippen LogP contribution in [0.3, 0.4) is 0 Å². The zero-order valence-corrected chi connectivity index (χ0v) is 18.2. The molecule has 2 aromatic carbocycles. The number of hydrogen-bond donors (Lipinski definition) is 0. The van der Waals surface area contributed by atoms with Crippen LogP contribution in [0.5, 0.6) is 0 Å². The van der Waals surface area contributed by atoms with Crippen molar-refractivity contribution in [3.63, 3.8) is 0 Å². The molecule has 4 fully saturated rings. The van der Waals surface area contributed by atoms with Crippen molar-refractivity contribution in [2.75, 3.05) is 6.54 Å². The first-order chi connectivity index (χ1) is 15.9. The number of likely N-dealkylation sites (tertiary alicyclic amines) is 1. The average Bonchev–Trinajstić information content (AvgIpc) is 3.34. The van der Waals surface area contributed by atoms with Crippen molar-refractivity contribution in [3.8, 4) is 0 Å². The number of benzene rings is 2. The molecule has 0 radical (unpaired) electrons. The van der Waals surface area contributed by atoms with Crippen LogP contribution in [0.2, 0.25) is 0 Å². The predicted molar refractivity (Wildman–Crippen MR) is 118 cm³/mol. The highest BCUT2D eigenvalue weighted by molar-refractivity contribution is 5.80. The van der Waals surface area contributed by atoms with E-state index in [1.54, 1.807) is 23.1 Å². The molecule has 7 rings (SSSR count). The van der Waals surface area contributed by atoms with Crippen LogP contribution in [-0.2, 0) is 11.3 Å². The first-order valence-corrected chi connectivity index (χ1v) is 11.8. The summed E-state index contributed by atoms with van der Waals surface area (Å²) in [5.74, 6) is 0.435. The molecule has 1 aliphatic heterocycles. The molecule has 2 bridgehead atoms. The fourth-order valence-electron chi connectivity index (χ4n) is 6.31. The van der Waals surface area contributed by atoms with Gasteiger partial charge in [0.25, 0.3) is 0 Å². The lowest BCUT2D eigenvalue weighted by Gasteiger charge is -2.51. The predicted octanol–water partition coefficient (Wildman–Crippen LogP) is 5.29. The second-order valence-corrected chi connectivity index (χ2v) is 10.0. The van der Waals surface area contributed by atoms with E-state index >= 15 is 0 Å². The lowest BCUT2D eigenvalue weighted by Crippen LogP contribution is -2.50. The van der Waals surface area contributed by atoms with Gasteiger partial charge in [0.05, 0.1) is 18.1 Å². The van der Waals surface area contributed by atoms with E-state index in [2.05, 4.69) is 5.10 Å². The van der Waals surface area contributed by atoms with Gasteiger partial charge in [-0.05, 0) is 72.9 Å². The van der Waals surface area contributed by atoms with E-state index in [1.807, 2.05) is 10.9 Å². The van der Waals surface area contributed by atoms with Gasteiger partial charge >= 0.3 is 0 Å². The normalized spacial score (nSPS) is 31.1. The van der Waals surface area contributed by atoms with Crippen LogP contribution in [0, 0.1) is 35.3 Å². The van der Waals surface area contributed by atoms with Gasteiger partial charge in [-0.1, -0.05) is 12.1 Å². The Labute approximate surface area is 190 Å². The molecule has 1 aromatic heterocycles. The maximum atomic E-state index is 14.4. The van der Waals surface area contributed by atoms with E-state index in [0.29, 0.717) is 29.9 Å². The van der Waals surface area contributed by atoms with Crippen LogP contribution in [0.25, 0.3) is 10.9 Å². The van der Waals surface area contributed by atoms with Gasteiger partial charge in [-0.3, -0.25) is 9.48 Å². The summed E-state index contributed by atoms with van der Waals surface area (Å²) in [6, 6.07) is 10.3. The van der Waals surface area contributed by atoms with Crippen molar-refractivity contribution in [2.24, 2.45) is 23.7 Å². The third-order valence-corrected chi connectivity index (χ3v) is 8.02. The molecular formula is C26H26F3N3O. The van der Waals surface area contributed by atoms with Crippen molar-refractivity contribution >= 4 is 16.8 Å². The zero-order chi connectivity index (χ0) is 22.7. The van der Waals surface area contributed by atoms with Crippen molar-refractivity contribution < 1.29 is 18.0 Å². The van der Waals surface area contributed by atoms with Gasteiger partial charge in [0, 0.05) is 30.5 Å². The van der Waals surface area contributed by atoms with Crippen LogP contribution >= 0.6 is 0 Å². The largest absolute Gasteiger partial charge is 0.332 e. The number of hydrogen-bond acceptors (Lipinski definition) is 2. The van der Waals surface area contributed by atoms with Gasteiger partial charge in [0.2, 0.25) is 5.91 Å². The molecule has 4 aliphatic rings. The highest BCUT2D eigenvalue weighted by Crippen LogP contribution is 2.54. The molecule has 0 N–H and O–H groups in total.